The van der Waals surface area contributed by atoms with Gasteiger partial charge in [0, 0.05) is 36.1 Å². The average Bonchev–Trinajstić information content (AvgIpc) is 3.44. The Morgan fingerprint density at radius 1 is 1.13 bits per heavy atom. The van der Waals surface area contributed by atoms with E-state index in [4.69, 9.17) is 0 Å². The number of nitriles is 1. The SMILES string of the molecule is CC(C)(C)c1ccc(N(C(=O)C23CCC(C(=O)C2)N3C#N)C(C(=O)NC2CCCCC2)c2cccnc2)cc1. The zero-order valence-electron chi connectivity index (χ0n) is 23.0. The van der Waals surface area contributed by atoms with E-state index >= 15 is 0 Å². The van der Waals surface area contributed by atoms with E-state index < -0.39 is 23.5 Å². The molecule has 2 amide bonds. The molecule has 1 saturated carbocycles. The van der Waals surface area contributed by atoms with Gasteiger partial charge in [-0.3, -0.25) is 29.2 Å². The number of rotatable bonds is 6. The van der Waals surface area contributed by atoms with Gasteiger partial charge in [-0.05, 0) is 54.9 Å². The molecule has 8 nitrogen and oxygen atoms in total. The van der Waals surface area contributed by atoms with E-state index in [9.17, 15) is 19.6 Å². The maximum atomic E-state index is 14.7. The van der Waals surface area contributed by atoms with Crippen molar-refractivity contribution in [2.45, 2.75) is 101 Å². The van der Waals surface area contributed by atoms with Crippen molar-refractivity contribution in [3.63, 3.8) is 0 Å². The Labute approximate surface area is 230 Å². The second-order valence-electron chi connectivity index (χ2n) is 12.2. The number of nitrogens with zero attached hydrogens (tertiary/aromatic N) is 4. The molecule has 2 bridgehead atoms. The highest BCUT2D eigenvalue weighted by Crippen LogP contribution is 2.47. The topological polar surface area (TPSA) is 106 Å². The van der Waals surface area contributed by atoms with Crippen LogP contribution in [0.1, 0.15) is 89.3 Å². The Bertz CT molecular complexity index is 1270. The standard InChI is InChI=1S/C31H37N5O3/c1-30(2,3)22-11-13-24(14-12-22)36(29(39)31-16-15-25(26(37)18-31)35(31)20-32)27(21-8-7-17-33-19-21)28(38)34-23-9-5-4-6-10-23/h7-8,11-14,17,19,23,25,27H,4-6,9-10,15-16,18H2,1-3H3,(H,34,38). The first-order valence-corrected chi connectivity index (χ1v) is 14.0. The van der Waals surface area contributed by atoms with E-state index in [-0.39, 0.29) is 29.6 Å². The van der Waals surface area contributed by atoms with Crippen LogP contribution in [0.3, 0.4) is 0 Å². The summed E-state index contributed by atoms with van der Waals surface area (Å²) in [6.45, 7) is 6.36. The Kier molecular flexibility index (Phi) is 7.19. The zero-order valence-corrected chi connectivity index (χ0v) is 23.0. The monoisotopic (exact) mass is 527 g/mol. The molecule has 3 atom stereocenters. The number of carbonyl (C=O) groups excluding carboxylic acids is 3. The van der Waals surface area contributed by atoms with Crippen LogP contribution in [0, 0.1) is 11.5 Å². The highest BCUT2D eigenvalue weighted by atomic mass is 16.2. The summed E-state index contributed by atoms with van der Waals surface area (Å²) < 4.78 is 0. The molecule has 0 spiro atoms. The lowest BCUT2D eigenvalue weighted by Crippen LogP contribution is -2.57. The van der Waals surface area contributed by atoms with Gasteiger partial charge in [0.2, 0.25) is 5.91 Å². The molecule has 8 heteroatoms. The van der Waals surface area contributed by atoms with Gasteiger partial charge < -0.3 is 5.32 Å². The molecule has 5 rings (SSSR count). The molecular weight excluding hydrogens is 490 g/mol. The van der Waals surface area contributed by atoms with Crippen molar-refractivity contribution < 1.29 is 14.4 Å². The summed E-state index contributed by atoms with van der Waals surface area (Å²) in [5, 5.41) is 13.2. The fourth-order valence-electron chi connectivity index (χ4n) is 6.47. The summed E-state index contributed by atoms with van der Waals surface area (Å²) in [6.07, 6.45) is 11.3. The minimum Gasteiger partial charge on any atom is -0.351 e. The Morgan fingerprint density at radius 3 is 2.44 bits per heavy atom. The zero-order chi connectivity index (χ0) is 27.8. The van der Waals surface area contributed by atoms with Gasteiger partial charge in [0.05, 0.1) is 6.04 Å². The number of anilines is 1. The number of hydrogen-bond donors (Lipinski definition) is 1. The first-order chi connectivity index (χ1) is 18.7. The molecule has 2 aliphatic heterocycles. The lowest BCUT2D eigenvalue weighted by molar-refractivity contribution is -0.132. The minimum absolute atomic E-state index is 0.0232. The van der Waals surface area contributed by atoms with E-state index in [2.05, 4.69) is 37.3 Å². The minimum atomic E-state index is -1.29. The van der Waals surface area contributed by atoms with Crippen molar-refractivity contribution in [1.29, 1.82) is 5.26 Å². The van der Waals surface area contributed by atoms with Crippen LogP contribution in [0.25, 0.3) is 0 Å². The summed E-state index contributed by atoms with van der Waals surface area (Å²) in [5.41, 5.74) is 0.845. The molecule has 3 aliphatic rings. The molecule has 39 heavy (non-hydrogen) atoms. The van der Waals surface area contributed by atoms with Crippen LogP contribution >= 0.6 is 0 Å². The van der Waals surface area contributed by atoms with Gasteiger partial charge in [-0.2, -0.15) is 5.26 Å². The maximum Gasteiger partial charge on any atom is 0.255 e. The Balaban J connectivity index is 1.62. The lowest BCUT2D eigenvalue weighted by Gasteiger charge is -2.39. The molecule has 0 radical (unpaired) electrons. The van der Waals surface area contributed by atoms with Gasteiger partial charge >= 0.3 is 0 Å². The maximum absolute atomic E-state index is 14.7. The number of pyridine rings is 1. The van der Waals surface area contributed by atoms with E-state index in [1.165, 1.54) is 9.80 Å². The Morgan fingerprint density at radius 2 is 1.85 bits per heavy atom. The number of Topliss-reactive ketones (excluding diaryl/α,β-unsaturated/α-hetero) is 1. The second-order valence-corrected chi connectivity index (χ2v) is 12.2. The van der Waals surface area contributed by atoms with E-state index in [0.717, 1.165) is 37.7 Å². The summed E-state index contributed by atoms with van der Waals surface area (Å²) in [6, 6.07) is 9.72. The molecule has 3 unspecified atom stereocenters. The fourth-order valence-corrected chi connectivity index (χ4v) is 6.47. The molecule has 3 fully saturated rings. The van der Waals surface area contributed by atoms with Gasteiger partial charge in [0.1, 0.15) is 11.6 Å². The number of benzene rings is 1. The number of aromatic nitrogens is 1. The van der Waals surface area contributed by atoms with E-state index in [1.54, 1.807) is 24.5 Å². The normalized spacial score (nSPS) is 23.8. The third-order valence-electron chi connectivity index (χ3n) is 8.64. The summed E-state index contributed by atoms with van der Waals surface area (Å²) in [5.74, 6) is -0.765. The number of hydrogen-bond acceptors (Lipinski definition) is 6. The fraction of sp³-hybridized carbons (Fsp3) is 0.516. The summed E-state index contributed by atoms with van der Waals surface area (Å²) in [4.78, 5) is 48.8. The highest BCUT2D eigenvalue weighted by molar-refractivity contribution is 6.10. The summed E-state index contributed by atoms with van der Waals surface area (Å²) in [7, 11) is 0. The molecule has 2 aromatic rings. The largest absolute Gasteiger partial charge is 0.351 e. The predicted molar refractivity (Wildman–Crippen MR) is 147 cm³/mol. The van der Waals surface area contributed by atoms with Crippen LogP contribution in [-0.2, 0) is 19.8 Å². The van der Waals surface area contributed by atoms with E-state index in [1.807, 2.05) is 24.3 Å². The van der Waals surface area contributed by atoms with Crippen molar-refractivity contribution >= 4 is 23.3 Å². The van der Waals surface area contributed by atoms with Gasteiger partial charge in [-0.1, -0.05) is 58.2 Å². The van der Waals surface area contributed by atoms with Gasteiger partial charge in [-0.25, -0.2) is 0 Å². The molecule has 1 aliphatic carbocycles. The molecule has 1 aromatic heterocycles. The predicted octanol–water partition coefficient (Wildman–Crippen LogP) is 4.56. The van der Waals surface area contributed by atoms with Crippen LogP contribution in [0.4, 0.5) is 5.69 Å². The quantitative estimate of drug-likeness (QED) is 0.552. The molecule has 1 N–H and O–H groups in total. The number of amides is 2. The van der Waals surface area contributed by atoms with Crippen molar-refractivity contribution in [2.24, 2.45) is 0 Å². The third kappa shape index (κ3) is 4.91. The Hall–Kier alpha value is -3.73. The van der Waals surface area contributed by atoms with Crippen LogP contribution in [-0.4, -0.2) is 45.1 Å². The molecular formula is C31H37N5O3. The first kappa shape index (κ1) is 26.9. The number of ketones is 1. The van der Waals surface area contributed by atoms with Gasteiger partial charge in [-0.15, -0.1) is 0 Å². The van der Waals surface area contributed by atoms with Crippen molar-refractivity contribution in [1.82, 2.24) is 15.2 Å². The van der Waals surface area contributed by atoms with Crippen LogP contribution in [0.2, 0.25) is 0 Å². The van der Waals surface area contributed by atoms with E-state index in [0.29, 0.717) is 24.1 Å². The van der Waals surface area contributed by atoms with Crippen molar-refractivity contribution in [2.75, 3.05) is 4.90 Å². The molecule has 3 heterocycles. The van der Waals surface area contributed by atoms with Gasteiger partial charge in [0.25, 0.3) is 5.91 Å². The van der Waals surface area contributed by atoms with Crippen LogP contribution < -0.4 is 10.2 Å². The number of fused-ring (bicyclic) bond motifs is 2. The number of nitrogens with one attached hydrogen (secondary N) is 1. The average molecular weight is 528 g/mol. The van der Waals surface area contributed by atoms with Crippen LogP contribution in [0.5, 0.6) is 0 Å². The smallest absolute Gasteiger partial charge is 0.255 e. The third-order valence-corrected chi connectivity index (χ3v) is 8.64. The molecule has 2 saturated heterocycles. The van der Waals surface area contributed by atoms with Gasteiger partial charge in [0.15, 0.2) is 12.0 Å². The van der Waals surface area contributed by atoms with Crippen molar-refractivity contribution in [3.8, 4) is 6.19 Å². The lowest BCUT2D eigenvalue weighted by atomic mass is 9.84. The highest BCUT2D eigenvalue weighted by Gasteiger charge is 2.63. The van der Waals surface area contributed by atoms with Crippen LogP contribution in [0.15, 0.2) is 48.8 Å². The first-order valence-electron chi connectivity index (χ1n) is 14.0. The number of carbonyl (C=O) groups is 3. The van der Waals surface area contributed by atoms with Crippen molar-refractivity contribution in [3.05, 3.63) is 59.9 Å². The second kappa shape index (κ2) is 10.4. The summed E-state index contributed by atoms with van der Waals surface area (Å²) >= 11 is 0. The molecule has 1 aromatic carbocycles. The molecule has 204 valence electrons.